The summed E-state index contributed by atoms with van der Waals surface area (Å²) >= 11 is 12.2. The first kappa shape index (κ1) is 20.4. The van der Waals surface area contributed by atoms with E-state index < -0.39 is 23.8 Å². The van der Waals surface area contributed by atoms with E-state index >= 15 is 0 Å². The number of rotatable bonds is 6. The number of fused-ring (bicyclic) bond motifs is 1. The molecule has 146 valence electrons. The third kappa shape index (κ3) is 3.91. The van der Waals surface area contributed by atoms with Gasteiger partial charge in [0.15, 0.2) is 0 Å². The Morgan fingerprint density at radius 1 is 0.964 bits per heavy atom. The molecule has 0 aliphatic carbocycles. The zero-order valence-electron chi connectivity index (χ0n) is 15.4. The SMILES string of the molecule is CC(C)CC(C(=O)OCc1c(Cl)cccc1Cl)N1C(=O)c2ccccc2C1=O. The fraction of sp³-hybridized carbons (Fsp3) is 0.286. The minimum absolute atomic E-state index is 0.0609. The lowest BCUT2D eigenvalue weighted by atomic mass is 10.0. The summed E-state index contributed by atoms with van der Waals surface area (Å²) in [5.41, 5.74) is 1.07. The molecule has 3 rings (SSSR count). The van der Waals surface area contributed by atoms with Crippen molar-refractivity contribution < 1.29 is 19.1 Å². The monoisotopic (exact) mass is 419 g/mol. The Labute approximate surface area is 173 Å². The molecule has 0 fully saturated rings. The molecule has 2 aromatic rings. The van der Waals surface area contributed by atoms with Gasteiger partial charge in [-0.15, -0.1) is 0 Å². The Balaban J connectivity index is 1.84. The summed E-state index contributed by atoms with van der Waals surface area (Å²) in [6.45, 7) is 3.67. The van der Waals surface area contributed by atoms with Crippen LogP contribution in [0.3, 0.4) is 0 Å². The first-order chi connectivity index (χ1) is 13.3. The third-order valence-corrected chi connectivity index (χ3v) is 5.23. The number of carbonyl (C=O) groups excluding carboxylic acids is 3. The van der Waals surface area contributed by atoms with Crippen molar-refractivity contribution in [3.05, 3.63) is 69.2 Å². The van der Waals surface area contributed by atoms with E-state index in [4.69, 9.17) is 27.9 Å². The molecular formula is C21H19Cl2NO4. The summed E-state index contributed by atoms with van der Waals surface area (Å²) in [5, 5.41) is 0.753. The summed E-state index contributed by atoms with van der Waals surface area (Å²) < 4.78 is 5.41. The van der Waals surface area contributed by atoms with Crippen LogP contribution in [0.15, 0.2) is 42.5 Å². The van der Waals surface area contributed by atoms with Crippen molar-refractivity contribution in [2.45, 2.75) is 32.9 Å². The number of halogens is 2. The Kier molecular flexibility index (Phi) is 6.06. The minimum atomic E-state index is -1.02. The molecule has 5 nitrogen and oxygen atoms in total. The fourth-order valence-electron chi connectivity index (χ4n) is 3.15. The summed E-state index contributed by atoms with van der Waals surface area (Å²) in [6.07, 6.45) is 0.292. The number of imide groups is 1. The van der Waals surface area contributed by atoms with Crippen LogP contribution in [0.4, 0.5) is 0 Å². The van der Waals surface area contributed by atoms with Gasteiger partial charge >= 0.3 is 5.97 Å². The van der Waals surface area contributed by atoms with Crippen LogP contribution in [0, 0.1) is 5.92 Å². The second kappa shape index (κ2) is 8.33. The van der Waals surface area contributed by atoms with Crippen LogP contribution < -0.4 is 0 Å². The van der Waals surface area contributed by atoms with E-state index in [1.807, 2.05) is 13.8 Å². The largest absolute Gasteiger partial charge is 0.459 e. The van der Waals surface area contributed by atoms with Gasteiger partial charge in [0.05, 0.1) is 11.1 Å². The van der Waals surface area contributed by atoms with Gasteiger partial charge in [0.2, 0.25) is 0 Å². The van der Waals surface area contributed by atoms with Crippen molar-refractivity contribution in [1.29, 1.82) is 0 Å². The van der Waals surface area contributed by atoms with Crippen LogP contribution in [0.5, 0.6) is 0 Å². The lowest BCUT2D eigenvalue weighted by Crippen LogP contribution is -2.46. The first-order valence-corrected chi connectivity index (χ1v) is 9.63. The lowest BCUT2D eigenvalue weighted by Gasteiger charge is -2.26. The molecule has 0 N–H and O–H groups in total. The van der Waals surface area contributed by atoms with Gasteiger partial charge in [0, 0.05) is 15.6 Å². The molecule has 1 heterocycles. The van der Waals surface area contributed by atoms with Gasteiger partial charge in [-0.25, -0.2) is 4.79 Å². The maximum absolute atomic E-state index is 12.8. The van der Waals surface area contributed by atoms with Crippen molar-refractivity contribution >= 4 is 41.0 Å². The van der Waals surface area contributed by atoms with Crippen LogP contribution in [0.2, 0.25) is 10.0 Å². The quantitative estimate of drug-likeness (QED) is 0.500. The molecule has 0 aromatic heterocycles. The van der Waals surface area contributed by atoms with E-state index in [2.05, 4.69) is 0 Å². The second-order valence-electron chi connectivity index (χ2n) is 6.98. The Morgan fingerprint density at radius 2 is 1.50 bits per heavy atom. The van der Waals surface area contributed by atoms with Crippen molar-refractivity contribution in [3.63, 3.8) is 0 Å². The van der Waals surface area contributed by atoms with Gasteiger partial charge < -0.3 is 4.74 Å². The van der Waals surface area contributed by atoms with Gasteiger partial charge in [-0.2, -0.15) is 0 Å². The number of hydrogen-bond acceptors (Lipinski definition) is 4. The molecule has 0 saturated heterocycles. The second-order valence-corrected chi connectivity index (χ2v) is 7.79. The number of hydrogen-bond donors (Lipinski definition) is 0. The Bertz CT molecular complexity index is 887. The maximum Gasteiger partial charge on any atom is 0.329 e. The molecule has 1 aliphatic rings. The first-order valence-electron chi connectivity index (χ1n) is 8.87. The van der Waals surface area contributed by atoms with Crippen molar-refractivity contribution in [1.82, 2.24) is 4.90 Å². The predicted molar refractivity (Wildman–Crippen MR) is 106 cm³/mol. The predicted octanol–water partition coefficient (Wildman–Crippen LogP) is 4.75. The molecule has 28 heavy (non-hydrogen) atoms. The topological polar surface area (TPSA) is 63.7 Å². The summed E-state index contributed by atoms with van der Waals surface area (Å²) in [4.78, 5) is 39.4. The van der Waals surface area contributed by atoms with E-state index in [1.165, 1.54) is 0 Å². The van der Waals surface area contributed by atoms with Crippen molar-refractivity contribution in [3.8, 4) is 0 Å². The molecule has 1 unspecified atom stereocenters. The highest BCUT2D eigenvalue weighted by Gasteiger charge is 2.43. The molecule has 7 heteroatoms. The van der Waals surface area contributed by atoms with Crippen molar-refractivity contribution in [2.24, 2.45) is 5.92 Å². The van der Waals surface area contributed by atoms with E-state index in [9.17, 15) is 14.4 Å². The average Bonchev–Trinajstić information content (AvgIpc) is 2.90. The van der Waals surface area contributed by atoms with Gasteiger partial charge in [-0.05, 0) is 36.6 Å². The van der Waals surface area contributed by atoms with E-state index in [0.29, 0.717) is 33.2 Å². The Morgan fingerprint density at radius 3 is 2.00 bits per heavy atom. The van der Waals surface area contributed by atoms with Gasteiger partial charge in [-0.3, -0.25) is 14.5 Å². The molecule has 0 bridgehead atoms. The number of nitrogens with zero attached hydrogens (tertiary/aromatic N) is 1. The highest BCUT2D eigenvalue weighted by Crippen LogP contribution is 2.29. The smallest absolute Gasteiger partial charge is 0.329 e. The summed E-state index contributed by atoms with van der Waals surface area (Å²) in [6, 6.07) is 10.5. The zero-order valence-corrected chi connectivity index (χ0v) is 17.0. The van der Waals surface area contributed by atoms with Gasteiger partial charge in [0.25, 0.3) is 11.8 Å². The van der Waals surface area contributed by atoms with Crippen LogP contribution in [-0.2, 0) is 16.1 Å². The Hall–Kier alpha value is -2.37. The third-order valence-electron chi connectivity index (χ3n) is 4.52. The van der Waals surface area contributed by atoms with E-state index in [-0.39, 0.29) is 12.5 Å². The number of esters is 1. The number of benzene rings is 2. The number of amides is 2. The zero-order chi connectivity index (χ0) is 20.4. The van der Waals surface area contributed by atoms with Gasteiger partial charge in [-0.1, -0.05) is 55.2 Å². The van der Waals surface area contributed by atoms with Crippen LogP contribution in [0.1, 0.15) is 46.5 Å². The highest BCUT2D eigenvalue weighted by atomic mass is 35.5. The van der Waals surface area contributed by atoms with Gasteiger partial charge in [0.1, 0.15) is 12.6 Å². The standard InChI is InChI=1S/C21H19Cl2NO4/c1-12(2)10-18(21(27)28-11-15-16(22)8-5-9-17(15)23)24-19(25)13-6-3-4-7-14(13)20(24)26/h3-9,12,18H,10-11H2,1-2H3. The van der Waals surface area contributed by atoms with Crippen LogP contribution in [0.25, 0.3) is 0 Å². The maximum atomic E-state index is 12.8. The molecule has 0 saturated carbocycles. The average molecular weight is 420 g/mol. The minimum Gasteiger partial charge on any atom is -0.459 e. The number of carbonyl (C=O) groups is 3. The van der Waals surface area contributed by atoms with Crippen molar-refractivity contribution in [2.75, 3.05) is 0 Å². The van der Waals surface area contributed by atoms with E-state index in [0.717, 1.165) is 4.90 Å². The summed E-state index contributed by atoms with van der Waals surface area (Å²) in [7, 11) is 0. The fourth-order valence-corrected chi connectivity index (χ4v) is 3.66. The molecule has 0 radical (unpaired) electrons. The molecule has 1 aliphatic heterocycles. The molecular weight excluding hydrogens is 401 g/mol. The van der Waals surface area contributed by atoms with Crippen LogP contribution >= 0.6 is 23.2 Å². The lowest BCUT2D eigenvalue weighted by molar-refractivity contribution is -0.150. The molecule has 2 aromatic carbocycles. The van der Waals surface area contributed by atoms with E-state index in [1.54, 1.807) is 42.5 Å². The number of ether oxygens (including phenoxy) is 1. The molecule has 1 atom stereocenters. The molecule has 0 spiro atoms. The summed E-state index contributed by atoms with van der Waals surface area (Å²) in [5.74, 6) is -1.58. The molecule has 2 amide bonds. The normalized spacial score (nSPS) is 14.4. The highest BCUT2D eigenvalue weighted by molar-refractivity contribution is 6.36. The van der Waals surface area contributed by atoms with Crippen LogP contribution in [-0.4, -0.2) is 28.7 Å².